The highest BCUT2D eigenvalue weighted by atomic mass is 32.1. The fourth-order valence-corrected chi connectivity index (χ4v) is 5.01. The SMILES string of the molecule is CCCCC(C[Si](OCC)(OCC)OCC)OC(C)=S. The quantitative estimate of drug-likeness (QED) is 0.401. The van der Waals surface area contributed by atoms with E-state index >= 15 is 0 Å². The molecule has 0 N–H and O–H groups in total. The van der Waals surface area contributed by atoms with Crippen LogP contribution in [0.2, 0.25) is 6.04 Å². The highest BCUT2D eigenvalue weighted by molar-refractivity contribution is 7.80. The van der Waals surface area contributed by atoms with Gasteiger partial charge in [-0.15, -0.1) is 0 Å². The minimum Gasteiger partial charge on any atom is -0.484 e. The second-order valence-electron chi connectivity index (χ2n) is 4.56. The summed E-state index contributed by atoms with van der Waals surface area (Å²) in [6.45, 7) is 11.6. The van der Waals surface area contributed by atoms with Gasteiger partial charge in [-0.3, -0.25) is 0 Å². The van der Waals surface area contributed by atoms with Gasteiger partial charge in [0, 0.05) is 26.7 Å². The van der Waals surface area contributed by atoms with Gasteiger partial charge in [0.15, 0.2) is 5.05 Å². The van der Waals surface area contributed by atoms with Gasteiger partial charge in [0.2, 0.25) is 0 Å². The van der Waals surface area contributed by atoms with Gasteiger partial charge in [-0.1, -0.05) is 19.8 Å². The standard InChI is InChI=1S/C14H30O4SSi/c1-6-10-11-14(18-13(5)19)12-20(15-7-2,16-8-3)17-9-4/h14H,6-12H2,1-5H3. The summed E-state index contributed by atoms with van der Waals surface area (Å²) in [6.07, 6.45) is 3.20. The van der Waals surface area contributed by atoms with Crippen LogP contribution >= 0.6 is 12.2 Å². The first-order valence-electron chi connectivity index (χ1n) is 7.62. The van der Waals surface area contributed by atoms with Crippen molar-refractivity contribution in [1.29, 1.82) is 0 Å². The first-order valence-corrected chi connectivity index (χ1v) is 9.96. The Morgan fingerprint density at radius 2 is 1.50 bits per heavy atom. The molecule has 120 valence electrons. The number of hydrogen-bond donors (Lipinski definition) is 0. The van der Waals surface area contributed by atoms with Crippen LogP contribution in [0.5, 0.6) is 0 Å². The Balaban J connectivity index is 4.85. The normalized spacial score (nSPS) is 13.2. The van der Waals surface area contributed by atoms with E-state index in [2.05, 4.69) is 6.92 Å². The van der Waals surface area contributed by atoms with E-state index in [1.54, 1.807) is 6.92 Å². The smallest absolute Gasteiger partial charge is 0.484 e. The molecule has 0 fully saturated rings. The lowest BCUT2D eigenvalue weighted by molar-refractivity contribution is 0.0566. The van der Waals surface area contributed by atoms with E-state index in [0.29, 0.717) is 30.9 Å². The predicted octanol–water partition coefficient (Wildman–Crippen LogP) is 3.96. The van der Waals surface area contributed by atoms with Crippen molar-refractivity contribution in [3.63, 3.8) is 0 Å². The van der Waals surface area contributed by atoms with Crippen LogP contribution in [0.3, 0.4) is 0 Å². The topological polar surface area (TPSA) is 36.9 Å². The summed E-state index contributed by atoms with van der Waals surface area (Å²) < 4.78 is 23.4. The first kappa shape index (κ1) is 20.0. The molecule has 0 aromatic carbocycles. The highest BCUT2D eigenvalue weighted by Gasteiger charge is 2.43. The molecule has 0 spiro atoms. The van der Waals surface area contributed by atoms with E-state index in [9.17, 15) is 0 Å². The van der Waals surface area contributed by atoms with Crippen molar-refractivity contribution in [1.82, 2.24) is 0 Å². The molecular formula is C14H30O4SSi. The number of ether oxygens (including phenoxy) is 1. The predicted molar refractivity (Wildman–Crippen MR) is 88.1 cm³/mol. The molecule has 4 nitrogen and oxygen atoms in total. The summed E-state index contributed by atoms with van der Waals surface area (Å²) in [6, 6.07) is 0.663. The maximum atomic E-state index is 5.87. The lowest BCUT2D eigenvalue weighted by Gasteiger charge is -2.31. The minimum absolute atomic E-state index is 0.0174. The van der Waals surface area contributed by atoms with Crippen molar-refractivity contribution in [2.24, 2.45) is 0 Å². The molecule has 0 saturated heterocycles. The number of thiocarbonyl (C=S) groups is 1. The van der Waals surface area contributed by atoms with Crippen molar-refractivity contribution < 1.29 is 18.0 Å². The fraction of sp³-hybridized carbons (Fsp3) is 0.929. The van der Waals surface area contributed by atoms with Gasteiger partial charge in [-0.25, -0.2) is 0 Å². The molecule has 0 aliphatic rings. The van der Waals surface area contributed by atoms with Crippen molar-refractivity contribution in [3.8, 4) is 0 Å². The third-order valence-electron chi connectivity index (χ3n) is 2.78. The molecule has 0 rings (SSSR count). The van der Waals surface area contributed by atoms with Crippen molar-refractivity contribution in [2.45, 2.75) is 66.0 Å². The largest absolute Gasteiger partial charge is 0.504 e. The Bertz CT molecular complexity index is 247. The van der Waals surface area contributed by atoms with Crippen LogP contribution in [-0.4, -0.2) is 39.8 Å². The van der Waals surface area contributed by atoms with Crippen LogP contribution in [-0.2, 0) is 18.0 Å². The highest BCUT2D eigenvalue weighted by Crippen LogP contribution is 2.23. The Hall–Kier alpha value is -0.0131. The van der Waals surface area contributed by atoms with Crippen molar-refractivity contribution in [2.75, 3.05) is 19.8 Å². The monoisotopic (exact) mass is 322 g/mol. The fourth-order valence-electron chi connectivity index (χ4n) is 2.11. The van der Waals surface area contributed by atoms with Crippen molar-refractivity contribution >= 4 is 26.1 Å². The maximum absolute atomic E-state index is 5.87. The average Bonchev–Trinajstić information content (AvgIpc) is 2.36. The van der Waals surface area contributed by atoms with Gasteiger partial charge in [0.05, 0.1) is 6.04 Å². The summed E-state index contributed by atoms with van der Waals surface area (Å²) in [5.74, 6) is 0. The van der Waals surface area contributed by atoms with E-state index in [0.717, 1.165) is 19.3 Å². The van der Waals surface area contributed by atoms with Gasteiger partial charge in [0.1, 0.15) is 6.10 Å². The summed E-state index contributed by atoms with van der Waals surface area (Å²) >= 11 is 5.08. The Kier molecular flexibility index (Phi) is 11.6. The third-order valence-corrected chi connectivity index (χ3v) is 6.02. The summed E-state index contributed by atoms with van der Waals surface area (Å²) in [5, 5.41) is 0.568. The van der Waals surface area contributed by atoms with Gasteiger partial charge in [0.25, 0.3) is 0 Å². The molecule has 0 aromatic heterocycles. The van der Waals surface area contributed by atoms with Gasteiger partial charge in [-0.2, -0.15) is 0 Å². The number of rotatable bonds is 12. The second-order valence-corrected chi connectivity index (χ2v) is 7.78. The second kappa shape index (κ2) is 11.6. The first-order chi connectivity index (χ1) is 9.53. The summed E-state index contributed by atoms with van der Waals surface area (Å²) in [5.41, 5.74) is 0. The lowest BCUT2D eigenvalue weighted by atomic mass is 10.2. The molecule has 0 amide bonds. The molecule has 20 heavy (non-hydrogen) atoms. The molecular weight excluding hydrogens is 292 g/mol. The molecule has 1 atom stereocenters. The number of unbranched alkanes of at least 4 members (excludes halogenated alkanes) is 1. The molecule has 0 aliphatic carbocycles. The zero-order valence-electron chi connectivity index (χ0n) is 13.6. The molecule has 0 radical (unpaired) electrons. The molecule has 0 saturated carbocycles. The van der Waals surface area contributed by atoms with Gasteiger partial charge >= 0.3 is 8.80 Å². The summed E-state index contributed by atoms with van der Waals surface area (Å²) in [4.78, 5) is 0. The summed E-state index contributed by atoms with van der Waals surface area (Å²) in [7, 11) is -2.66. The molecule has 6 heteroatoms. The van der Waals surface area contributed by atoms with Gasteiger partial charge in [-0.05, 0) is 39.4 Å². The van der Waals surface area contributed by atoms with E-state index in [1.165, 1.54) is 0 Å². The van der Waals surface area contributed by atoms with E-state index in [-0.39, 0.29) is 6.10 Å². The van der Waals surface area contributed by atoms with E-state index in [1.807, 2.05) is 20.8 Å². The lowest BCUT2D eigenvalue weighted by Crippen LogP contribution is -2.49. The molecule has 0 bridgehead atoms. The van der Waals surface area contributed by atoms with Crippen LogP contribution in [0, 0.1) is 0 Å². The van der Waals surface area contributed by atoms with Crippen LogP contribution < -0.4 is 0 Å². The molecule has 0 aromatic rings. The average molecular weight is 323 g/mol. The zero-order valence-corrected chi connectivity index (χ0v) is 15.4. The van der Waals surface area contributed by atoms with E-state index in [4.69, 9.17) is 30.2 Å². The molecule has 0 aliphatic heterocycles. The van der Waals surface area contributed by atoms with Gasteiger partial charge < -0.3 is 18.0 Å². The minimum atomic E-state index is -2.66. The van der Waals surface area contributed by atoms with Crippen LogP contribution in [0.15, 0.2) is 0 Å². The Labute approximate surface area is 130 Å². The Morgan fingerprint density at radius 3 is 1.85 bits per heavy atom. The number of hydrogen-bond acceptors (Lipinski definition) is 5. The van der Waals surface area contributed by atoms with Crippen LogP contribution in [0.1, 0.15) is 53.9 Å². The van der Waals surface area contributed by atoms with Crippen molar-refractivity contribution in [3.05, 3.63) is 0 Å². The maximum Gasteiger partial charge on any atom is 0.504 e. The van der Waals surface area contributed by atoms with E-state index < -0.39 is 8.80 Å². The Morgan fingerprint density at radius 1 is 1.00 bits per heavy atom. The molecule has 0 heterocycles. The zero-order chi connectivity index (χ0) is 15.4. The molecule has 1 unspecified atom stereocenters. The third kappa shape index (κ3) is 8.31. The van der Waals surface area contributed by atoms with Crippen LogP contribution in [0.4, 0.5) is 0 Å². The van der Waals surface area contributed by atoms with Crippen LogP contribution in [0.25, 0.3) is 0 Å².